The van der Waals surface area contributed by atoms with Crippen LogP contribution in [0.2, 0.25) is 0 Å². The van der Waals surface area contributed by atoms with Crippen LogP contribution >= 0.6 is 0 Å². The zero-order valence-electron chi connectivity index (χ0n) is 9.37. The number of piperidine rings is 1. The number of hydrogen-bond acceptors (Lipinski definition) is 2. The van der Waals surface area contributed by atoms with Crippen LogP contribution in [0, 0.1) is 5.92 Å². The van der Waals surface area contributed by atoms with Gasteiger partial charge in [-0.1, -0.05) is 0 Å². The molecule has 1 heterocycles. The lowest BCUT2D eigenvalue weighted by molar-refractivity contribution is 0.0321. The van der Waals surface area contributed by atoms with Crippen LogP contribution in [-0.2, 0) is 9.84 Å². The molecular weight excluding hydrogens is 178 g/mol. The maximum absolute atomic E-state index is 10.3. The minimum atomic E-state index is 0.0639. The van der Waals surface area contributed by atoms with Crippen LogP contribution in [-0.4, -0.2) is 44.4 Å². The topological polar surface area (TPSA) is 32.4 Å². The number of likely N-dealkylation sites (tertiary alicyclic amines) is 1. The number of hydrogen-bond donors (Lipinski definition) is 0. The fourth-order valence-electron chi connectivity index (χ4n) is 2.13. The Kier molecular flexibility index (Phi) is 5.45. The molecule has 1 rings (SSSR count). The maximum Gasteiger partial charge on any atom is 0.0834 e. The highest BCUT2D eigenvalue weighted by Crippen LogP contribution is 2.21. The van der Waals surface area contributed by atoms with Gasteiger partial charge in [0.15, 0.2) is 0 Å². The van der Waals surface area contributed by atoms with Crippen LogP contribution < -0.4 is 0 Å². The predicted octanol–water partition coefficient (Wildman–Crippen LogP) is 1.55. The molecule has 0 aromatic rings. The first-order valence-corrected chi connectivity index (χ1v) is 5.61. The summed E-state index contributed by atoms with van der Waals surface area (Å²) in [5.41, 5.74) is 0. The third-order valence-corrected chi connectivity index (χ3v) is 3.29. The highest BCUT2D eigenvalue weighted by Gasteiger charge is 2.23. The van der Waals surface area contributed by atoms with Gasteiger partial charge in [0.25, 0.3) is 0 Å². The summed E-state index contributed by atoms with van der Waals surface area (Å²) >= 11 is 0. The Labute approximate surface area is 87.1 Å². The van der Waals surface area contributed by atoms with E-state index in [1.54, 1.807) is 7.11 Å². The van der Waals surface area contributed by atoms with Crippen LogP contribution in [0.15, 0.2) is 0 Å². The first kappa shape index (κ1) is 12.0. The van der Waals surface area contributed by atoms with Crippen molar-refractivity contribution in [1.82, 2.24) is 4.90 Å². The van der Waals surface area contributed by atoms with E-state index in [1.165, 1.54) is 12.8 Å². The lowest BCUT2D eigenvalue weighted by atomic mass is 9.92. The van der Waals surface area contributed by atoms with E-state index in [4.69, 9.17) is 4.74 Å². The minimum absolute atomic E-state index is 0.0639. The molecule has 0 aromatic carbocycles. The van der Waals surface area contributed by atoms with E-state index in [0.29, 0.717) is 12.0 Å². The first-order chi connectivity index (χ1) is 6.77. The summed E-state index contributed by atoms with van der Waals surface area (Å²) in [6.45, 7) is 5.47. The molecule has 1 radical (unpaired) electrons. The Hall–Kier alpha value is -0.120. The van der Waals surface area contributed by atoms with Crippen LogP contribution in [0.4, 0.5) is 0 Å². The molecule has 0 amide bonds. The molecule has 1 aliphatic heterocycles. The van der Waals surface area contributed by atoms with Crippen molar-refractivity contribution in [3.05, 3.63) is 0 Å². The Morgan fingerprint density at radius 3 is 2.57 bits per heavy atom. The number of methoxy groups -OCH3 is 1. The largest absolute Gasteiger partial charge is 0.381 e. The van der Waals surface area contributed by atoms with Gasteiger partial charge in [-0.2, -0.15) is 0 Å². The Bertz CT molecular complexity index is 144. The van der Waals surface area contributed by atoms with E-state index < -0.39 is 0 Å². The molecule has 1 saturated heterocycles. The normalized spacial score (nSPS) is 22.5. The number of ether oxygens (including phenoxy) is 1. The predicted molar refractivity (Wildman–Crippen MR) is 55.8 cm³/mol. The average Bonchev–Trinajstić information content (AvgIpc) is 2.26. The molecule has 1 unspecified atom stereocenters. The highest BCUT2D eigenvalue weighted by atomic mass is 16.5. The summed E-state index contributed by atoms with van der Waals surface area (Å²) < 4.78 is 5.34. The second kappa shape index (κ2) is 6.38. The average molecular weight is 200 g/mol. The molecule has 1 fully saturated rings. The third-order valence-electron chi connectivity index (χ3n) is 3.29. The molecule has 0 aliphatic carbocycles. The molecule has 0 bridgehead atoms. The number of rotatable bonds is 5. The van der Waals surface area contributed by atoms with Gasteiger partial charge in [0.1, 0.15) is 0 Å². The molecule has 1 atom stereocenters. The van der Waals surface area contributed by atoms with Crippen LogP contribution in [0.25, 0.3) is 0 Å². The Balaban J connectivity index is 2.17. The first-order valence-electron chi connectivity index (χ1n) is 5.61. The van der Waals surface area contributed by atoms with Crippen molar-refractivity contribution in [3.8, 4) is 0 Å². The molecule has 1 aliphatic rings. The molecule has 0 saturated carbocycles. The summed E-state index contributed by atoms with van der Waals surface area (Å²) in [5, 5.41) is 10.3. The second-order valence-corrected chi connectivity index (χ2v) is 4.18. The van der Waals surface area contributed by atoms with Crippen molar-refractivity contribution in [3.63, 3.8) is 0 Å². The van der Waals surface area contributed by atoms with E-state index in [-0.39, 0.29) is 6.61 Å². The molecule has 0 aromatic heterocycles. The van der Waals surface area contributed by atoms with Crippen molar-refractivity contribution in [2.45, 2.75) is 32.3 Å². The van der Waals surface area contributed by atoms with Gasteiger partial charge < -0.3 is 9.64 Å². The van der Waals surface area contributed by atoms with E-state index in [0.717, 1.165) is 26.1 Å². The Morgan fingerprint density at radius 2 is 2.07 bits per heavy atom. The zero-order chi connectivity index (χ0) is 10.4. The van der Waals surface area contributed by atoms with E-state index in [9.17, 15) is 5.11 Å². The molecule has 3 nitrogen and oxygen atoms in total. The smallest absolute Gasteiger partial charge is 0.0834 e. The lowest BCUT2D eigenvalue weighted by Gasteiger charge is -2.34. The zero-order valence-corrected chi connectivity index (χ0v) is 9.37. The second-order valence-electron chi connectivity index (χ2n) is 4.18. The molecule has 83 valence electrons. The summed E-state index contributed by atoms with van der Waals surface area (Å²) in [4.78, 5) is 2.40. The van der Waals surface area contributed by atoms with Gasteiger partial charge in [-0.15, -0.1) is 0 Å². The number of nitrogens with zero attached hydrogens (tertiary/aromatic N) is 1. The van der Waals surface area contributed by atoms with Crippen molar-refractivity contribution in [2.75, 3.05) is 33.4 Å². The quantitative estimate of drug-likeness (QED) is 0.674. The van der Waals surface area contributed by atoms with Gasteiger partial charge in [0.05, 0.1) is 12.7 Å². The third kappa shape index (κ3) is 3.56. The summed E-state index contributed by atoms with van der Waals surface area (Å²) in [6, 6.07) is 0. The van der Waals surface area contributed by atoms with E-state index in [2.05, 4.69) is 11.8 Å². The van der Waals surface area contributed by atoms with E-state index in [1.807, 2.05) is 0 Å². The molecule has 0 N–H and O–H groups in total. The van der Waals surface area contributed by atoms with Crippen molar-refractivity contribution in [2.24, 2.45) is 5.92 Å². The monoisotopic (exact) mass is 200 g/mol. The molecule has 0 spiro atoms. The highest BCUT2D eigenvalue weighted by molar-refractivity contribution is 4.75. The maximum atomic E-state index is 10.3. The van der Waals surface area contributed by atoms with Gasteiger partial charge in [-0.3, -0.25) is 0 Å². The minimum Gasteiger partial charge on any atom is -0.381 e. The SMILES string of the molecule is COC(C)C1CCN(CCC[O])CC1. The summed E-state index contributed by atoms with van der Waals surface area (Å²) in [7, 11) is 1.79. The van der Waals surface area contributed by atoms with E-state index >= 15 is 0 Å². The lowest BCUT2D eigenvalue weighted by Crippen LogP contribution is -2.38. The van der Waals surface area contributed by atoms with Gasteiger partial charge in [-0.05, 0) is 45.2 Å². The van der Waals surface area contributed by atoms with Crippen molar-refractivity contribution >= 4 is 0 Å². The summed E-state index contributed by atoms with van der Waals surface area (Å²) in [6.07, 6.45) is 3.61. The fraction of sp³-hybridized carbons (Fsp3) is 1.00. The molecule has 14 heavy (non-hydrogen) atoms. The van der Waals surface area contributed by atoms with Crippen LogP contribution in [0.3, 0.4) is 0 Å². The Morgan fingerprint density at radius 1 is 1.43 bits per heavy atom. The fourth-order valence-corrected chi connectivity index (χ4v) is 2.13. The summed E-state index contributed by atoms with van der Waals surface area (Å²) in [5.74, 6) is 0.712. The standard InChI is InChI=1S/C11H22NO2/c1-10(14-2)11-4-7-12(8-5-11)6-3-9-13/h10-11H,3-9H2,1-2H3. The van der Waals surface area contributed by atoms with Gasteiger partial charge in [0.2, 0.25) is 0 Å². The van der Waals surface area contributed by atoms with Crippen molar-refractivity contribution in [1.29, 1.82) is 0 Å². The molecule has 3 heteroatoms. The van der Waals surface area contributed by atoms with Gasteiger partial charge in [-0.25, -0.2) is 5.11 Å². The van der Waals surface area contributed by atoms with Crippen LogP contribution in [0.5, 0.6) is 0 Å². The van der Waals surface area contributed by atoms with Gasteiger partial charge >= 0.3 is 0 Å². The van der Waals surface area contributed by atoms with Crippen molar-refractivity contribution < 1.29 is 9.84 Å². The van der Waals surface area contributed by atoms with Crippen LogP contribution in [0.1, 0.15) is 26.2 Å². The molecular formula is C11H22NO2. The van der Waals surface area contributed by atoms with Gasteiger partial charge in [0, 0.05) is 13.7 Å².